The molecule has 0 saturated heterocycles. The van der Waals surface area contributed by atoms with Crippen LogP contribution in [-0.4, -0.2) is 17.3 Å². The Morgan fingerprint density at radius 2 is 2.00 bits per heavy atom. The molecule has 0 aliphatic heterocycles. The second kappa shape index (κ2) is 8.02. The maximum absolute atomic E-state index is 12.6. The van der Waals surface area contributed by atoms with Gasteiger partial charge in [0.2, 0.25) is 0 Å². The summed E-state index contributed by atoms with van der Waals surface area (Å²) in [6.45, 7) is 11.4. The zero-order valence-corrected chi connectivity index (χ0v) is 14.0. The second-order valence-corrected chi connectivity index (χ2v) is 6.18. The Hall–Kier alpha value is -1.77. The van der Waals surface area contributed by atoms with Crippen molar-refractivity contribution in [3.63, 3.8) is 0 Å². The van der Waals surface area contributed by atoms with Crippen molar-refractivity contribution in [3.8, 4) is 0 Å². The Labute approximate surface area is 133 Å². The summed E-state index contributed by atoms with van der Waals surface area (Å²) in [5, 5.41) is 0. The van der Waals surface area contributed by atoms with Gasteiger partial charge in [-0.1, -0.05) is 38.7 Å². The molecule has 120 valence electrons. The molecule has 1 saturated carbocycles. The zero-order valence-electron chi connectivity index (χ0n) is 14.0. The summed E-state index contributed by atoms with van der Waals surface area (Å²) in [7, 11) is 0. The third-order valence-electron chi connectivity index (χ3n) is 4.27. The summed E-state index contributed by atoms with van der Waals surface area (Å²) in [4.78, 5) is 36.3. The van der Waals surface area contributed by atoms with Crippen LogP contribution in [0, 0.1) is 17.8 Å². The highest BCUT2D eigenvalue weighted by Gasteiger charge is 2.35. The summed E-state index contributed by atoms with van der Waals surface area (Å²) in [5.74, 6) is -0.862. The van der Waals surface area contributed by atoms with E-state index in [1.165, 1.54) is 0 Å². The largest absolute Gasteiger partial charge is 0.299 e. The van der Waals surface area contributed by atoms with Crippen molar-refractivity contribution in [1.29, 1.82) is 0 Å². The van der Waals surface area contributed by atoms with E-state index in [2.05, 4.69) is 6.58 Å². The molecule has 0 radical (unpaired) electrons. The first-order valence-electron chi connectivity index (χ1n) is 7.92. The summed E-state index contributed by atoms with van der Waals surface area (Å²) in [6, 6.07) is 0. The van der Waals surface area contributed by atoms with Gasteiger partial charge in [-0.3, -0.25) is 14.4 Å². The minimum absolute atomic E-state index is 0.00929. The van der Waals surface area contributed by atoms with E-state index in [4.69, 9.17) is 0 Å². The van der Waals surface area contributed by atoms with Crippen LogP contribution in [0.2, 0.25) is 0 Å². The quantitative estimate of drug-likeness (QED) is 0.425. The smallest absolute Gasteiger partial charge is 0.163 e. The van der Waals surface area contributed by atoms with E-state index >= 15 is 0 Å². The molecule has 1 fully saturated rings. The van der Waals surface area contributed by atoms with Gasteiger partial charge in [-0.15, -0.1) is 0 Å². The predicted molar refractivity (Wildman–Crippen MR) is 88.4 cm³/mol. The third-order valence-corrected chi connectivity index (χ3v) is 4.27. The highest BCUT2D eigenvalue weighted by atomic mass is 16.2. The summed E-state index contributed by atoms with van der Waals surface area (Å²) < 4.78 is 0. The molecule has 0 aromatic heterocycles. The number of ketones is 3. The molecule has 1 aliphatic rings. The molecule has 0 N–H and O–H groups in total. The number of allylic oxidation sites excluding steroid dienone is 5. The van der Waals surface area contributed by atoms with Crippen molar-refractivity contribution in [3.05, 3.63) is 36.0 Å². The van der Waals surface area contributed by atoms with E-state index in [1.807, 2.05) is 32.9 Å². The predicted octanol–water partition coefficient (Wildman–Crippen LogP) is 3.84. The maximum atomic E-state index is 12.6. The van der Waals surface area contributed by atoms with E-state index in [1.54, 1.807) is 13.0 Å². The van der Waals surface area contributed by atoms with Gasteiger partial charge in [-0.25, -0.2) is 0 Å². The highest BCUT2D eigenvalue weighted by molar-refractivity contribution is 6.08. The molecule has 1 rings (SSSR count). The summed E-state index contributed by atoms with van der Waals surface area (Å²) >= 11 is 0. The lowest BCUT2D eigenvalue weighted by molar-refractivity contribution is -0.139. The van der Waals surface area contributed by atoms with Crippen LogP contribution in [-0.2, 0) is 14.4 Å². The van der Waals surface area contributed by atoms with Crippen molar-refractivity contribution in [2.24, 2.45) is 17.8 Å². The molecule has 0 aromatic carbocycles. The number of rotatable bonds is 6. The van der Waals surface area contributed by atoms with Gasteiger partial charge in [0.15, 0.2) is 5.78 Å². The summed E-state index contributed by atoms with van der Waals surface area (Å²) in [6.07, 6.45) is 6.46. The van der Waals surface area contributed by atoms with Crippen molar-refractivity contribution >= 4 is 17.3 Å². The van der Waals surface area contributed by atoms with Crippen LogP contribution in [0.5, 0.6) is 0 Å². The van der Waals surface area contributed by atoms with Crippen LogP contribution in [0.4, 0.5) is 0 Å². The Balaban J connectivity index is 2.99. The molecule has 3 nitrogen and oxygen atoms in total. The van der Waals surface area contributed by atoms with E-state index < -0.39 is 5.92 Å². The first-order chi connectivity index (χ1) is 10.3. The van der Waals surface area contributed by atoms with Crippen molar-refractivity contribution in [1.82, 2.24) is 0 Å². The van der Waals surface area contributed by atoms with Crippen molar-refractivity contribution in [2.75, 3.05) is 0 Å². The fourth-order valence-corrected chi connectivity index (χ4v) is 2.89. The van der Waals surface area contributed by atoms with Crippen LogP contribution >= 0.6 is 0 Å². The van der Waals surface area contributed by atoms with Crippen LogP contribution in [0.15, 0.2) is 36.0 Å². The van der Waals surface area contributed by atoms with Gasteiger partial charge in [-0.05, 0) is 31.8 Å². The van der Waals surface area contributed by atoms with E-state index in [9.17, 15) is 14.4 Å². The van der Waals surface area contributed by atoms with Gasteiger partial charge >= 0.3 is 0 Å². The standard InChI is InChI=1S/C19H26O3/c1-6-8-16(12(3)4)15(7-2)18(21)11-14-9-10-17(20)13(5)19(14)22/h6-8,12-14H,2,9-11H2,1,3-5H3/b8-6-,16-15-. The molecule has 0 amide bonds. The molecular formula is C19H26O3. The first kappa shape index (κ1) is 18.3. The number of hydrogen-bond acceptors (Lipinski definition) is 3. The van der Waals surface area contributed by atoms with Crippen LogP contribution in [0.25, 0.3) is 0 Å². The second-order valence-electron chi connectivity index (χ2n) is 6.18. The number of carbonyl (C=O) groups is 3. The van der Waals surface area contributed by atoms with E-state index in [0.717, 1.165) is 5.57 Å². The average Bonchev–Trinajstić information content (AvgIpc) is 2.47. The minimum Gasteiger partial charge on any atom is -0.299 e. The molecule has 1 aliphatic carbocycles. The normalized spacial score (nSPS) is 23.9. The zero-order chi connectivity index (χ0) is 16.9. The van der Waals surface area contributed by atoms with Crippen molar-refractivity contribution < 1.29 is 14.4 Å². The lowest BCUT2D eigenvalue weighted by atomic mass is 9.77. The molecule has 3 heteroatoms. The molecule has 22 heavy (non-hydrogen) atoms. The Kier molecular flexibility index (Phi) is 6.66. The highest BCUT2D eigenvalue weighted by Crippen LogP contribution is 2.28. The molecule has 0 heterocycles. The third kappa shape index (κ3) is 4.12. The topological polar surface area (TPSA) is 51.2 Å². The van der Waals surface area contributed by atoms with Gasteiger partial charge in [-0.2, -0.15) is 0 Å². The van der Waals surface area contributed by atoms with Gasteiger partial charge in [0, 0.05) is 24.3 Å². The fourth-order valence-electron chi connectivity index (χ4n) is 2.89. The fraction of sp³-hybridized carbons (Fsp3) is 0.526. The molecule has 2 unspecified atom stereocenters. The molecular weight excluding hydrogens is 276 g/mol. The van der Waals surface area contributed by atoms with Gasteiger partial charge in [0.05, 0.1) is 5.92 Å². The first-order valence-corrected chi connectivity index (χ1v) is 7.92. The lowest BCUT2D eigenvalue weighted by Crippen LogP contribution is -2.34. The lowest BCUT2D eigenvalue weighted by Gasteiger charge is -2.24. The molecule has 0 bridgehead atoms. The van der Waals surface area contributed by atoms with Crippen molar-refractivity contribution in [2.45, 2.75) is 47.0 Å². The minimum atomic E-state index is -0.567. The summed E-state index contributed by atoms with van der Waals surface area (Å²) in [5.41, 5.74) is 1.53. The Bertz CT molecular complexity index is 535. The van der Waals surface area contributed by atoms with Crippen LogP contribution in [0.3, 0.4) is 0 Å². The van der Waals surface area contributed by atoms with Gasteiger partial charge in [0.25, 0.3) is 0 Å². The molecule has 2 atom stereocenters. The average molecular weight is 302 g/mol. The Morgan fingerprint density at radius 1 is 1.36 bits per heavy atom. The number of Topliss-reactive ketones (excluding diaryl/α,β-unsaturated/α-hetero) is 3. The van der Waals surface area contributed by atoms with Gasteiger partial charge < -0.3 is 0 Å². The molecule has 0 spiro atoms. The molecule has 0 aromatic rings. The van der Waals surface area contributed by atoms with E-state index in [0.29, 0.717) is 18.4 Å². The SMILES string of the molecule is C=C/C(C(=O)CC1CCC(=O)C(C)C1=O)=C(\C=C/C)C(C)C. The van der Waals surface area contributed by atoms with Gasteiger partial charge in [0.1, 0.15) is 11.6 Å². The number of carbonyl (C=O) groups excluding carboxylic acids is 3. The Morgan fingerprint density at radius 3 is 2.50 bits per heavy atom. The maximum Gasteiger partial charge on any atom is 0.163 e. The van der Waals surface area contributed by atoms with Crippen LogP contribution < -0.4 is 0 Å². The van der Waals surface area contributed by atoms with E-state index in [-0.39, 0.29) is 35.6 Å². The monoisotopic (exact) mass is 302 g/mol. The van der Waals surface area contributed by atoms with Crippen LogP contribution in [0.1, 0.15) is 47.0 Å². The number of hydrogen-bond donors (Lipinski definition) is 0.